The molecule has 13 heavy (non-hydrogen) atoms. The molecule has 0 saturated heterocycles. The maximum absolute atomic E-state index is 4.50. The minimum atomic E-state index is 1.04. The van der Waals surface area contributed by atoms with Crippen LogP contribution < -0.4 is 5.01 Å². The van der Waals surface area contributed by atoms with Gasteiger partial charge in [0.05, 0.1) is 5.69 Å². The molecule has 0 fully saturated rings. The minimum Gasteiger partial charge on any atom is -0.266 e. The van der Waals surface area contributed by atoms with Crippen molar-refractivity contribution in [3.8, 4) is 0 Å². The molecule has 0 N–H and O–H groups in total. The van der Waals surface area contributed by atoms with Crippen molar-refractivity contribution >= 4 is 11.4 Å². The van der Waals surface area contributed by atoms with Gasteiger partial charge in [-0.15, -0.1) is 0 Å². The Balaban J connectivity index is 2.22. The molecule has 0 aliphatic carbocycles. The number of rotatable bonds is 1. The average molecular weight is 174 g/mol. The van der Waals surface area contributed by atoms with E-state index in [1.807, 2.05) is 6.07 Å². The van der Waals surface area contributed by atoms with Crippen molar-refractivity contribution in [3.63, 3.8) is 0 Å². The van der Waals surface area contributed by atoms with Crippen LogP contribution in [0.4, 0.5) is 5.69 Å². The lowest BCUT2D eigenvalue weighted by Gasteiger charge is -2.23. The third-order valence-corrected chi connectivity index (χ3v) is 2.25. The Morgan fingerprint density at radius 1 is 1.23 bits per heavy atom. The van der Waals surface area contributed by atoms with Crippen LogP contribution in [-0.2, 0) is 0 Å². The van der Waals surface area contributed by atoms with E-state index in [1.54, 1.807) is 0 Å². The fourth-order valence-corrected chi connectivity index (χ4v) is 1.58. The van der Waals surface area contributed by atoms with Crippen LogP contribution >= 0.6 is 0 Å². The number of hydrogen-bond donors (Lipinski definition) is 0. The van der Waals surface area contributed by atoms with Crippen molar-refractivity contribution in [2.75, 3.05) is 11.6 Å². The van der Waals surface area contributed by atoms with Crippen molar-refractivity contribution in [2.24, 2.45) is 5.10 Å². The Hall–Kier alpha value is -1.31. The summed E-state index contributed by atoms with van der Waals surface area (Å²) < 4.78 is 0. The number of hydrogen-bond acceptors (Lipinski definition) is 2. The largest absolute Gasteiger partial charge is 0.266 e. The number of anilines is 1. The van der Waals surface area contributed by atoms with Gasteiger partial charge in [0, 0.05) is 12.3 Å². The van der Waals surface area contributed by atoms with Crippen LogP contribution in [0.25, 0.3) is 0 Å². The molecule has 2 heteroatoms. The van der Waals surface area contributed by atoms with Gasteiger partial charge < -0.3 is 0 Å². The molecular formula is C11H14N2. The van der Waals surface area contributed by atoms with Gasteiger partial charge >= 0.3 is 0 Å². The van der Waals surface area contributed by atoms with Gasteiger partial charge in [-0.05, 0) is 31.9 Å². The van der Waals surface area contributed by atoms with E-state index in [-0.39, 0.29) is 0 Å². The van der Waals surface area contributed by atoms with E-state index in [1.165, 1.54) is 17.8 Å². The minimum absolute atomic E-state index is 1.04. The van der Waals surface area contributed by atoms with Gasteiger partial charge in [0.25, 0.3) is 0 Å². The fourth-order valence-electron chi connectivity index (χ4n) is 1.58. The summed E-state index contributed by atoms with van der Waals surface area (Å²) in [6.07, 6.45) is 2.35. The van der Waals surface area contributed by atoms with Gasteiger partial charge in [-0.25, -0.2) is 0 Å². The molecule has 0 amide bonds. The molecule has 0 bridgehead atoms. The molecule has 1 aromatic rings. The predicted molar refractivity (Wildman–Crippen MR) is 56.1 cm³/mol. The molecule has 2 nitrogen and oxygen atoms in total. The first-order valence-corrected chi connectivity index (χ1v) is 4.73. The molecule has 1 heterocycles. The lowest BCUT2D eigenvalue weighted by atomic mass is 10.2. The summed E-state index contributed by atoms with van der Waals surface area (Å²) in [5.41, 5.74) is 2.43. The molecular weight excluding hydrogens is 160 g/mol. The monoisotopic (exact) mass is 174 g/mol. The smallest absolute Gasteiger partial charge is 0.0593 e. The average Bonchev–Trinajstić information content (AvgIpc) is 2.19. The summed E-state index contributed by atoms with van der Waals surface area (Å²) >= 11 is 0. The van der Waals surface area contributed by atoms with E-state index in [9.17, 15) is 0 Å². The zero-order valence-corrected chi connectivity index (χ0v) is 7.90. The summed E-state index contributed by atoms with van der Waals surface area (Å²) in [6.45, 7) is 3.14. The summed E-state index contributed by atoms with van der Waals surface area (Å²) in [5, 5.41) is 6.58. The Morgan fingerprint density at radius 2 is 2.00 bits per heavy atom. The van der Waals surface area contributed by atoms with Gasteiger partial charge in [-0.3, -0.25) is 5.01 Å². The number of hydrazone groups is 1. The third-order valence-electron chi connectivity index (χ3n) is 2.25. The maximum Gasteiger partial charge on any atom is 0.0593 e. The fraction of sp³-hybridized carbons (Fsp3) is 0.364. The molecule has 1 aromatic carbocycles. The second kappa shape index (κ2) is 3.60. The van der Waals surface area contributed by atoms with Crippen LogP contribution in [-0.4, -0.2) is 12.3 Å². The molecule has 0 unspecified atom stereocenters. The maximum atomic E-state index is 4.50. The van der Waals surface area contributed by atoms with Gasteiger partial charge in [0.15, 0.2) is 0 Å². The molecule has 0 spiro atoms. The first-order valence-electron chi connectivity index (χ1n) is 4.73. The van der Waals surface area contributed by atoms with Crippen LogP contribution in [0.1, 0.15) is 19.8 Å². The highest BCUT2D eigenvalue weighted by molar-refractivity contribution is 5.83. The number of benzene rings is 1. The van der Waals surface area contributed by atoms with Crippen LogP contribution in [0.2, 0.25) is 0 Å². The van der Waals surface area contributed by atoms with Crippen LogP contribution in [0.3, 0.4) is 0 Å². The number of nitrogens with zero attached hydrogens (tertiary/aromatic N) is 2. The van der Waals surface area contributed by atoms with E-state index < -0.39 is 0 Å². The second-order valence-corrected chi connectivity index (χ2v) is 3.40. The molecule has 1 aliphatic rings. The van der Waals surface area contributed by atoms with E-state index in [4.69, 9.17) is 0 Å². The van der Waals surface area contributed by atoms with Crippen molar-refractivity contribution < 1.29 is 0 Å². The van der Waals surface area contributed by atoms with Crippen molar-refractivity contribution in [1.29, 1.82) is 0 Å². The highest BCUT2D eigenvalue weighted by atomic mass is 15.5. The Morgan fingerprint density at radius 3 is 2.69 bits per heavy atom. The summed E-state index contributed by atoms with van der Waals surface area (Å²) in [7, 11) is 0. The lowest BCUT2D eigenvalue weighted by Crippen LogP contribution is -2.24. The SMILES string of the molecule is CC1=NN(c2ccccc2)CCC1. The highest BCUT2D eigenvalue weighted by Crippen LogP contribution is 2.17. The second-order valence-electron chi connectivity index (χ2n) is 3.40. The van der Waals surface area contributed by atoms with E-state index in [0.29, 0.717) is 0 Å². The third kappa shape index (κ3) is 1.89. The molecule has 2 rings (SSSR count). The van der Waals surface area contributed by atoms with Gasteiger partial charge in [0.2, 0.25) is 0 Å². The molecule has 68 valence electrons. The predicted octanol–water partition coefficient (Wildman–Crippen LogP) is 2.66. The standard InChI is InChI=1S/C11H14N2/c1-10-6-5-9-13(12-10)11-7-3-2-4-8-11/h2-4,7-8H,5-6,9H2,1H3. The summed E-state index contributed by atoms with van der Waals surface area (Å²) in [4.78, 5) is 0. The zero-order valence-electron chi connectivity index (χ0n) is 7.90. The van der Waals surface area contributed by atoms with Gasteiger partial charge in [-0.2, -0.15) is 5.10 Å². The van der Waals surface area contributed by atoms with Crippen molar-refractivity contribution in [2.45, 2.75) is 19.8 Å². The van der Waals surface area contributed by atoms with E-state index in [0.717, 1.165) is 13.0 Å². The van der Waals surface area contributed by atoms with Crippen molar-refractivity contribution in [1.82, 2.24) is 0 Å². The van der Waals surface area contributed by atoms with Crippen LogP contribution in [0, 0.1) is 0 Å². The first-order chi connectivity index (χ1) is 6.36. The molecule has 0 atom stereocenters. The van der Waals surface area contributed by atoms with E-state index >= 15 is 0 Å². The van der Waals surface area contributed by atoms with Crippen LogP contribution in [0.15, 0.2) is 35.4 Å². The normalized spacial score (nSPS) is 17.0. The first kappa shape index (κ1) is 8.30. The summed E-state index contributed by atoms with van der Waals surface area (Å²) in [5.74, 6) is 0. The van der Waals surface area contributed by atoms with Gasteiger partial charge in [-0.1, -0.05) is 18.2 Å². The van der Waals surface area contributed by atoms with E-state index in [2.05, 4.69) is 41.3 Å². The molecule has 0 radical (unpaired) electrons. The Kier molecular flexibility index (Phi) is 2.30. The van der Waals surface area contributed by atoms with Crippen molar-refractivity contribution in [3.05, 3.63) is 30.3 Å². The summed E-state index contributed by atoms with van der Waals surface area (Å²) in [6, 6.07) is 10.3. The molecule has 1 aliphatic heterocycles. The Bertz CT molecular complexity index is 303. The lowest BCUT2D eigenvalue weighted by molar-refractivity contribution is 0.738. The zero-order chi connectivity index (χ0) is 9.10. The molecule has 0 aromatic heterocycles. The quantitative estimate of drug-likeness (QED) is 0.639. The Labute approximate surface area is 78.9 Å². The molecule has 0 saturated carbocycles. The number of para-hydroxylation sites is 1. The topological polar surface area (TPSA) is 15.6 Å². The van der Waals surface area contributed by atoms with Gasteiger partial charge in [0.1, 0.15) is 0 Å². The highest BCUT2D eigenvalue weighted by Gasteiger charge is 2.09. The van der Waals surface area contributed by atoms with Crippen LogP contribution in [0.5, 0.6) is 0 Å².